The van der Waals surface area contributed by atoms with Crippen LogP contribution in [-0.2, 0) is 46.2 Å². The highest BCUT2D eigenvalue weighted by Crippen LogP contribution is 2.45. The molecule has 2 amide bonds. The van der Waals surface area contributed by atoms with E-state index in [0.29, 0.717) is 117 Å². The van der Waals surface area contributed by atoms with Gasteiger partial charge in [-0.1, -0.05) is 50.6 Å². The van der Waals surface area contributed by atoms with E-state index >= 15 is 0 Å². The third-order valence-corrected chi connectivity index (χ3v) is 20.6. The molecule has 22 heteroatoms. The number of rotatable bonds is 30. The highest BCUT2D eigenvalue weighted by molar-refractivity contribution is 6.74. The van der Waals surface area contributed by atoms with Crippen LogP contribution in [0.15, 0.2) is 66.0 Å². The number of fused-ring (bicyclic) bond motifs is 4. The topological polar surface area (TPSA) is 196 Å². The largest absolute Gasteiger partial charge is 0.493 e. The van der Waals surface area contributed by atoms with Crippen molar-refractivity contribution in [3.8, 4) is 29.1 Å². The minimum atomic E-state index is -2.47. The summed E-state index contributed by atoms with van der Waals surface area (Å²) in [5.41, 5.74) is 6.88. The van der Waals surface area contributed by atoms with Gasteiger partial charge in [0.25, 0.3) is 18.7 Å². The predicted molar refractivity (Wildman–Crippen MR) is 331 cm³/mol. The molecule has 84 heavy (non-hydrogen) atoms. The summed E-state index contributed by atoms with van der Waals surface area (Å²) in [5, 5.41) is 20.4. The molecule has 0 aliphatic carbocycles. The second-order valence-electron chi connectivity index (χ2n) is 24.0. The van der Waals surface area contributed by atoms with Crippen LogP contribution in [0.1, 0.15) is 123 Å². The molecule has 0 saturated carbocycles. The molecule has 451 valence electrons. The second-order valence-corrected chi connectivity index (χ2v) is 28.7. The molecular formula is C62H86B3N4O14Si. The van der Waals surface area contributed by atoms with E-state index in [0.717, 1.165) is 40.4 Å². The number of methoxy groups -OCH3 is 1. The van der Waals surface area contributed by atoms with E-state index in [2.05, 4.69) is 45.7 Å². The number of aryl methyl sites for hydroxylation is 1. The Labute approximate surface area is 500 Å². The number of carbonyl (C=O) groups is 4. The summed E-state index contributed by atoms with van der Waals surface area (Å²) in [6.07, 6.45) is 7.50. The summed E-state index contributed by atoms with van der Waals surface area (Å²) in [5.74, 6) is 7.35. The van der Waals surface area contributed by atoms with Crippen molar-refractivity contribution < 1.29 is 66.8 Å². The Kier molecular flexibility index (Phi) is 23.4. The number of benzene rings is 3. The normalized spacial score (nSPS) is 18.4. The van der Waals surface area contributed by atoms with Crippen LogP contribution in [-0.4, -0.2) is 158 Å². The number of amides is 2. The van der Waals surface area contributed by atoms with E-state index in [1.807, 2.05) is 75.2 Å². The van der Waals surface area contributed by atoms with Crippen molar-refractivity contribution >= 4 is 64.9 Å². The number of hydrogen-bond acceptors (Lipinski definition) is 16. The van der Waals surface area contributed by atoms with Crippen LogP contribution in [0.2, 0.25) is 38.1 Å². The molecule has 0 fully saturated rings. The first-order valence-electron chi connectivity index (χ1n) is 29.5. The van der Waals surface area contributed by atoms with Gasteiger partial charge >= 0.3 is 14.5 Å². The van der Waals surface area contributed by atoms with Crippen LogP contribution >= 0.6 is 0 Å². The Bertz CT molecular complexity index is 2940. The molecule has 3 aromatic carbocycles. The number of ether oxygens (including phenoxy) is 7. The molecule has 0 saturated heterocycles. The quantitative estimate of drug-likeness (QED) is 0.0278. The maximum absolute atomic E-state index is 14.5. The first-order valence-corrected chi connectivity index (χ1v) is 32.4. The molecule has 0 spiro atoms. The fraction of sp³-hybridized carbons (Fsp3) is 0.548. The number of hydrogen-bond donors (Lipinski definition) is 2. The van der Waals surface area contributed by atoms with Crippen molar-refractivity contribution in [1.29, 1.82) is 0 Å². The zero-order chi connectivity index (χ0) is 60.9. The number of ketones is 1. The molecule has 1 radical (unpaired) electrons. The number of anilines is 2. The van der Waals surface area contributed by atoms with Gasteiger partial charge in [-0.2, -0.15) is 0 Å². The third-order valence-electron chi connectivity index (χ3n) is 16.2. The molecular weight excluding hydrogens is 1090 g/mol. The Morgan fingerprint density at radius 3 is 1.89 bits per heavy atom. The minimum Gasteiger partial charge on any atom is -0.493 e. The zero-order valence-corrected chi connectivity index (χ0v) is 52.4. The number of carbonyl (C=O) groups excluding carboxylic acids is 4. The average Bonchev–Trinajstić information content (AvgIpc) is 2.55. The standard InChI is InChI=1S/C62H86B3N4O14Si/c1-42-28-52-45(4)69(65(9)75)54-36-58(57(76-10)34-51(54)60(73)66(52)37-42)82-40-48-32-46(16-13-14-17-49(71)18-21-78-23-25-80-27-26-79-24-22-77-20-15-19-64(8)74)31-47(33-48)39-81-56-35-53-50(30-44(56)3)59(72)67-38-43(2)29-55(67)61(68(53)63-41-70)83-84(11,12)62(5,6)7/h30-38,41,45,52,55,61,74-75H,14-15,17-29,39-40H2,1-12H3/t45-,52-,55-,61-/m0/s1. The lowest BCUT2D eigenvalue weighted by atomic mass is 9.67. The smallest absolute Gasteiger partial charge is 0.409 e. The monoisotopic (exact) mass is 1170 g/mol. The summed E-state index contributed by atoms with van der Waals surface area (Å²) in [6, 6.07) is 12.1. The Hall–Kier alpha value is -5.89. The van der Waals surface area contributed by atoms with Crippen LogP contribution in [0.25, 0.3) is 0 Å². The molecule has 3 aromatic rings. The molecule has 7 rings (SSSR count). The van der Waals surface area contributed by atoms with Crippen molar-refractivity contribution in [1.82, 2.24) is 9.80 Å². The Balaban J connectivity index is 1.07. The first kappa shape index (κ1) is 65.7. The highest BCUT2D eigenvalue weighted by Gasteiger charge is 2.49. The predicted octanol–water partition coefficient (Wildman–Crippen LogP) is 8.86. The summed E-state index contributed by atoms with van der Waals surface area (Å²) in [6.45, 7) is 25.5. The van der Waals surface area contributed by atoms with Crippen LogP contribution < -0.4 is 23.8 Å². The van der Waals surface area contributed by atoms with E-state index in [9.17, 15) is 29.2 Å². The van der Waals surface area contributed by atoms with Crippen LogP contribution in [0, 0.1) is 18.8 Å². The number of Topliss-reactive ketones (excluding diaryl/α,β-unsaturated/α-hetero) is 1. The second kappa shape index (κ2) is 30.0. The van der Waals surface area contributed by atoms with Gasteiger partial charge in [-0.25, -0.2) is 0 Å². The van der Waals surface area contributed by atoms with Crippen LogP contribution in [0.5, 0.6) is 17.2 Å². The Morgan fingerprint density at radius 2 is 1.31 bits per heavy atom. The van der Waals surface area contributed by atoms with Crippen LogP contribution in [0.3, 0.4) is 0 Å². The van der Waals surface area contributed by atoms with Crippen LogP contribution in [0.4, 0.5) is 11.4 Å². The molecule has 2 N–H and O–H groups in total. The van der Waals surface area contributed by atoms with Gasteiger partial charge in [0.15, 0.2) is 19.8 Å². The molecule has 0 bridgehead atoms. The van der Waals surface area contributed by atoms with Gasteiger partial charge in [0.1, 0.15) is 37.2 Å². The first-order chi connectivity index (χ1) is 40.0. The third kappa shape index (κ3) is 16.8. The lowest BCUT2D eigenvalue weighted by Gasteiger charge is -2.45. The molecule has 4 heterocycles. The SMILES string of the molecule is COc1cc2c(cc1OCc1cc(C#CCCC(=O)CCOCCOCCOCCOCCCB(C)O)cc(COc3cc4c(cc3C)C(=O)N3C=C(C)C[C@H]3[C@H](O[Si](C)(C)C(C)(C)C)N4[B]C=O)c1)N(B(C)O)[C@@H](C)[C@@H]1CC(C)=CN1C2=O. The lowest BCUT2D eigenvalue weighted by Crippen LogP contribution is -2.57. The van der Waals surface area contributed by atoms with Gasteiger partial charge in [0.05, 0.1) is 76.6 Å². The van der Waals surface area contributed by atoms with E-state index in [4.69, 9.17) is 37.6 Å². The van der Waals surface area contributed by atoms with E-state index in [1.165, 1.54) is 14.5 Å². The van der Waals surface area contributed by atoms with Gasteiger partial charge in [-0.15, -0.1) is 0 Å². The summed E-state index contributed by atoms with van der Waals surface area (Å²) in [4.78, 5) is 61.3. The summed E-state index contributed by atoms with van der Waals surface area (Å²) in [7, 11) is -0.408. The fourth-order valence-electron chi connectivity index (χ4n) is 10.7. The molecule has 4 aliphatic heterocycles. The molecule has 0 unspecified atom stereocenters. The van der Waals surface area contributed by atoms with Gasteiger partial charge in [0.2, 0.25) is 0 Å². The minimum absolute atomic E-state index is 0.0295. The van der Waals surface area contributed by atoms with Crippen molar-refractivity contribution in [2.24, 2.45) is 0 Å². The maximum Gasteiger partial charge on any atom is 0.409 e. The molecule has 4 atom stereocenters. The van der Waals surface area contributed by atoms with Gasteiger partial charge in [0, 0.05) is 73.4 Å². The summed E-state index contributed by atoms with van der Waals surface area (Å²) >= 11 is 0. The van der Waals surface area contributed by atoms with E-state index in [1.54, 1.807) is 40.4 Å². The zero-order valence-electron chi connectivity index (χ0n) is 51.4. The lowest BCUT2D eigenvalue weighted by molar-refractivity contribution is -0.120. The van der Waals surface area contributed by atoms with Gasteiger partial charge in [-0.3, -0.25) is 14.4 Å². The van der Waals surface area contributed by atoms with Crippen molar-refractivity contribution in [2.45, 2.75) is 163 Å². The number of nitrogens with zero attached hydrogens (tertiary/aromatic N) is 4. The maximum atomic E-state index is 14.5. The molecule has 0 aromatic heterocycles. The molecule has 18 nitrogen and oxygen atoms in total. The highest BCUT2D eigenvalue weighted by atomic mass is 28.4. The molecule has 4 aliphatic rings. The van der Waals surface area contributed by atoms with Gasteiger partial charge in [-0.05, 0) is 125 Å². The average molecular weight is 1170 g/mol. The van der Waals surface area contributed by atoms with Crippen molar-refractivity contribution in [3.63, 3.8) is 0 Å². The van der Waals surface area contributed by atoms with Gasteiger partial charge < -0.3 is 71.8 Å². The van der Waals surface area contributed by atoms with Crippen molar-refractivity contribution in [2.75, 3.05) is 69.6 Å². The fourth-order valence-corrected chi connectivity index (χ4v) is 12.0. The van der Waals surface area contributed by atoms with E-state index in [-0.39, 0.29) is 80.3 Å². The summed E-state index contributed by atoms with van der Waals surface area (Å²) < 4.78 is 48.5. The van der Waals surface area contributed by atoms with E-state index < -0.39 is 21.6 Å². The van der Waals surface area contributed by atoms with Crippen molar-refractivity contribution in [3.05, 3.63) is 99.4 Å². The Morgan fingerprint density at radius 1 is 0.750 bits per heavy atom.